The van der Waals surface area contributed by atoms with E-state index in [1.54, 1.807) is 13.8 Å². The molecule has 1 atom stereocenters. The van der Waals surface area contributed by atoms with Crippen molar-refractivity contribution in [1.82, 2.24) is 10.2 Å². The summed E-state index contributed by atoms with van der Waals surface area (Å²) in [5, 5.41) is 2.89. The number of nitrogens with zero attached hydrogens (tertiary/aromatic N) is 2. The van der Waals surface area contributed by atoms with Crippen LogP contribution in [0.1, 0.15) is 31.9 Å². The van der Waals surface area contributed by atoms with Gasteiger partial charge >= 0.3 is 6.18 Å². The normalized spacial score (nSPS) is 12.8. The van der Waals surface area contributed by atoms with Crippen molar-refractivity contribution in [2.45, 2.75) is 45.6 Å². The van der Waals surface area contributed by atoms with Gasteiger partial charge in [-0.2, -0.15) is 13.2 Å². The topological polar surface area (TPSA) is 86.8 Å². The molecule has 0 bridgehead atoms. The highest BCUT2D eigenvalue weighted by molar-refractivity contribution is 7.92. The SMILES string of the molecule is CC(C)NC(=O)[C@@H](C)N(Cc1ccc(Cl)cc1Cl)C(=O)CN(c1cc(C(F)(F)F)ccc1Cl)S(C)(=O)=O. The lowest BCUT2D eigenvalue weighted by atomic mass is 10.1. The zero-order valence-electron chi connectivity index (χ0n) is 20.2. The fourth-order valence-electron chi connectivity index (χ4n) is 3.30. The minimum Gasteiger partial charge on any atom is -0.352 e. The zero-order chi connectivity index (χ0) is 28.3. The van der Waals surface area contributed by atoms with Crippen molar-refractivity contribution in [2.75, 3.05) is 17.1 Å². The number of hydrogen-bond donors (Lipinski definition) is 1. The first-order chi connectivity index (χ1) is 16.9. The maximum absolute atomic E-state index is 13.5. The second kappa shape index (κ2) is 12.1. The summed E-state index contributed by atoms with van der Waals surface area (Å²) in [6, 6.07) is 5.28. The molecule has 0 saturated heterocycles. The molecule has 0 aromatic heterocycles. The lowest BCUT2D eigenvalue weighted by Crippen LogP contribution is -2.52. The van der Waals surface area contributed by atoms with Crippen LogP contribution in [0.15, 0.2) is 36.4 Å². The number of benzene rings is 2. The van der Waals surface area contributed by atoms with Crippen LogP contribution in [-0.2, 0) is 32.3 Å². The van der Waals surface area contributed by atoms with Gasteiger partial charge in [-0.25, -0.2) is 8.42 Å². The van der Waals surface area contributed by atoms with Crippen molar-refractivity contribution in [3.63, 3.8) is 0 Å². The molecule has 2 aromatic carbocycles. The highest BCUT2D eigenvalue weighted by Gasteiger charge is 2.35. The Bertz CT molecular complexity index is 1270. The molecule has 0 unspecified atom stereocenters. The molecule has 0 aliphatic rings. The first-order valence-corrected chi connectivity index (χ1v) is 13.8. The molecule has 0 heterocycles. The Labute approximate surface area is 228 Å². The van der Waals surface area contributed by atoms with Crippen LogP contribution in [0.3, 0.4) is 0 Å². The first-order valence-electron chi connectivity index (χ1n) is 10.8. The fourth-order valence-corrected chi connectivity index (χ4v) is 4.89. The third-order valence-electron chi connectivity index (χ3n) is 5.18. The molecule has 0 radical (unpaired) electrons. The lowest BCUT2D eigenvalue weighted by Gasteiger charge is -2.32. The van der Waals surface area contributed by atoms with Gasteiger partial charge in [0, 0.05) is 22.6 Å². The summed E-state index contributed by atoms with van der Waals surface area (Å²) >= 11 is 18.2. The van der Waals surface area contributed by atoms with Crippen LogP contribution in [0.2, 0.25) is 15.1 Å². The van der Waals surface area contributed by atoms with E-state index in [4.69, 9.17) is 34.8 Å². The van der Waals surface area contributed by atoms with Crippen molar-refractivity contribution in [2.24, 2.45) is 0 Å². The summed E-state index contributed by atoms with van der Waals surface area (Å²) in [4.78, 5) is 27.3. The molecule has 0 aliphatic heterocycles. The maximum Gasteiger partial charge on any atom is 0.416 e. The molecule has 0 spiro atoms. The second-order valence-corrected chi connectivity index (χ2v) is 11.7. The third kappa shape index (κ3) is 8.39. The Morgan fingerprint density at radius 2 is 1.62 bits per heavy atom. The fraction of sp³-hybridized carbons (Fsp3) is 0.391. The van der Waals surface area contributed by atoms with Crippen LogP contribution in [0.25, 0.3) is 0 Å². The molecule has 0 fully saturated rings. The molecular weight excluding hydrogens is 578 g/mol. The van der Waals surface area contributed by atoms with Gasteiger partial charge in [0.2, 0.25) is 21.8 Å². The number of nitrogens with one attached hydrogen (secondary N) is 1. The molecule has 204 valence electrons. The molecule has 0 aliphatic carbocycles. The van der Waals surface area contributed by atoms with Gasteiger partial charge in [-0.15, -0.1) is 0 Å². The smallest absolute Gasteiger partial charge is 0.352 e. The van der Waals surface area contributed by atoms with Crippen LogP contribution in [0.5, 0.6) is 0 Å². The Morgan fingerprint density at radius 3 is 2.14 bits per heavy atom. The quantitative estimate of drug-likeness (QED) is 0.418. The number of carbonyl (C=O) groups is 2. The highest BCUT2D eigenvalue weighted by Crippen LogP contribution is 2.36. The van der Waals surface area contributed by atoms with Crippen molar-refractivity contribution in [1.29, 1.82) is 0 Å². The van der Waals surface area contributed by atoms with E-state index in [0.717, 1.165) is 17.2 Å². The summed E-state index contributed by atoms with van der Waals surface area (Å²) in [6.45, 7) is 3.73. The maximum atomic E-state index is 13.5. The van der Waals surface area contributed by atoms with Crippen LogP contribution >= 0.6 is 34.8 Å². The van der Waals surface area contributed by atoms with Gasteiger partial charge in [-0.05, 0) is 56.7 Å². The molecule has 2 aromatic rings. The molecule has 0 saturated carbocycles. The predicted molar refractivity (Wildman–Crippen MR) is 138 cm³/mol. The average molecular weight is 603 g/mol. The van der Waals surface area contributed by atoms with E-state index in [9.17, 15) is 31.2 Å². The number of alkyl halides is 3. The largest absolute Gasteiger partial charge is 0.416 e. The Balaban J connectivity index is 2.53. The summed E-state index contributed by atoms with van der Waals surface area (Å²) in [7, 11) is -4.29. The highest BCUT2D eigenvalue weighted by atomic mass is 35.5. The van der Waals surface area contributed by atoms with Crippen LogP contribution in [-0.4, -0.2) is 50.0 Å². The minimum atomic E-state index is -4.78. The van der Waals surface area contributed by atoms with E-state index in [1.807, 2.05) is 0 Å². The van der Waals surface area contributed by atoms with Crippen molar-refractivity contribution in [3.05, 3.63) is 62.6 Å². The van der Waals surface area contributed by atoms with E-state index >= 15 is 0 Å². The van der Waals surface area contributed by atoms with E-state index in [2.05, 4.69) is 5.32 Å². The van der Waals surface area contributed by atoms with Crippen molar-refractivity contribution in [3.8, 4) is 0 Å². The zero-order valence-corrected chi connectivity index (χ0v) is 23.3. The van der Waals surface area contributed by atoms with Gasteiger partial charge in [-0.3, -0.25) is 13.9 Å². The monoisotopic (exact) mass is 601 g/mol. The number of halogens is 6. The number of anilines is 1. The van der Waals surface area contributed by atoms with Gasteiger partial charge in [0.1, 0.15) is 12.6 Å². The van der Waals surface area contributed by atoms with E-state index in [0.29, 0.717) is 27.0 Å². The van der Waals surface area contributed by atoms with Gasteiger partial charge in [0.25, 0.3) is 0 Å². The minimum absolute atomic E-state index is 0.197. The molecule has 7 nitrogen and oxygen atoms in total. The molecule has 2 amide bonds. The van der Waals surface area contributed by atoms with Gasteiger partial charge < -0.3 is 10.2 Å². The molecule has 2 rings (SSSR count). The predicted octanol–water partition coefficient (Wildman–Crippen LogP) is 5.37. The van der Waals surface area contributed by atoms with Gasteiger partial charge in [0.15, 0.2) is 0 Å². The molecular formula is C23H25Cl3F3N3O4S. The standard InChI is InChI=1S/C23H25Cl3F3N3O4S/c1-13(2)30-22(34)14(3)31(11-15-5-7-17(24)10-19(15)26)21(33)12-32(37(4,35)36)20-9-16(23(27,28)29)6-8-18(20)25/h5-10,13-14H,11-12H2,1-4H3,(H,30,34)/t14-/m1/s1. The summed E-state index contributed by atoms with van der Waals surface area (Å²) < 4.78 is 65.6. The third-order valence-corrected chi connectivity index (χ3v) is 7.21. The number of sulfonamides is 1. The molecule has 14 heteroatoms. The first kappa shape index (κ1) is 31.0. The summed E-state index contributed by atoms with van der Waals surface area (Å²) in [5.74, 6) is -1.41. The van der Waals surface area contributed by atoms with Gasteiger partial charge in [-0.1, -0.05) is 40.9 Å². The van der Waals surface area contributed by atoms with Gasteiger partial charge in [0.05, 0.1) is 22.5 Å². The van der Waals surface area contributed by atoms with E-state index in [1.165, 1.54) is 25.1 Å². The van der Waals surface area contributed by atoms with Crippen molar-refractivity contribution >= 4 is 62.3 Å². The number of amides is 2. The summed E-state index contributed by atoms with van der Waals surface area (Å²) in [6.07, 6.45) is -4.06. The van der Waals surface area contributed by atoms with Crippen LogP contribution in [0.4, 0.5) is 18.9 Å². The van der Waals surface area contributed by atoms with Crippen LogP contribution in [0, 0.1) is 0 Å². The second-order valence-electron chi connectivity index (χ2n) is 8.53. The Kier molecular flexibility index (Phi) is 10.1. The van der Waals surface area contributed by atoms with Crippen LogP contribution < -0.4 is 9.62 Å². The number of rotatable bonds is 9. The van der Waals surface area contributed by atoms with E-state index in [-0.39, 0.29) is 22.6 Å². The number of carbonyl (C=O) groups excluding carboxylic acids is 2. The Morgan fingerprint density at radius 1 is 1.00 bits per heavy atom. The summed E-state index contributed by atoms with van der Waals surface area (Å²) in [5.41, 5.74) is -1.27. The lowest BCUT2D eigenvalue weighted by molar-refractivity contribution is -0.139. The number of hydrogen-bond acceptors (Lipinski definition) is 4. The average Bonchev–Trinajstić information content (AvgIpc) is 2.75. The Hall–Kier alpha value is -2.21. The van der Waals surface area contributed by atoms with Crippen molar-refractivity contribution < 1.29 is 31.2 Å². The molecule has 37 heavy (non-hydrogen) atoms. The van der Waals surface area contributed by atoms with E-state index < -0.39 is 51.9 Å². The molecule has 1 N–H and O–H groups in total.